The maximum absolute atomic E-state index is 4.04. The first kappa shape index (κ1) is 5.34. The number of rotatable bonds is 0. The molecule has 0 unspecified atom stereocenters. The number of aromatic nitrogens is 4. The molecule has 0 aliphatic rings. The van der Waals surface area contributed by atoms with Crippen LogP contribution in [0.1, 0.15) is 5.82 Å². The van der Waals surface area contributed by atoms with Gasteiger partial charge in [0.05, 0.1) is 11.7 Å². The van der Waals surface area contributed by atoms with E-state index in [-0.39, 0.29) is 0 Å². The summed E-state index contributed by atoms with van der Waals surface area (Å²) in [5.41, 5.74) is 0.979. The molecule has 0 atom stereocenters. The zero-order chi connectivity index (χ0) is 6.97. The number of hydrogen-bond acceptors (Lipinski definition) is 3. The van der Waals surface area contributed by atoms with Crippen molar-refractivity contribution >= 4 is 5.52 Å². The van der Waals surface area contributed by atoms with Crippen molar-refractivity contribution in [3.63, 3.8) is 0 Å². The standard InChI is InChI=1S/C6H6N4/c1-5-7-3-2-6-4-8-9-10(5)6/h2-4H,1H3. The Morgan fingerprint density at radius 3 is 3.20 bits per heavy atom. The molecule has 0 saturated heterocycles. The largest absolute Gasteiger partial charge is 0.242 e. The van der Waals surface area contributed by atoms with E-state index in [1.807, 2.05) is 13.0 Å². The van der Waals surface area contributed by atoms with Gasteiger partial charge in [-0.25, -0.2) is 4.98 Å². The van der Waals surface area contributed by atoms with Crippen molar-refractivity contribution in [2.45, 2.75) is 6.92 Å². The summed E-state index contributed by atoms with van der Waals surface area (Å²) in [7, 11) is 0. The average molecular weight is 134 g/mol. The van der Waals surface area contributed by atoms with Crippen LogP contribution in [0.3, 0.4) is 0 Å². The van der Waals surface area contributed by atoms with Crippen molar-refractivity contribution in [1.82, 2.24) is 19.8 Å². The van der Waals surface area contributed by atoms with E-state index < -0.39 is 0 Å². The zero-order valence-corrected chi connectivity index (χ0v) is 5.52. The number of nitrogens with zero attached hydrogens (tertiary/aromatic N) is 4. The summed E-state index contributed by atoms with van der Waals surface area (Å²) < 4.78 is 1.69. The van der Waals surface area contributed by atoms with Gasteiger partial charge in [-0.3, -0.25) is 0 Å². The lowest BCUT2D eigenvalue weighted by Crippen LogP contribution is -1.94. The first-order valence-electron chi connectivity index (χ1n) is 3.00. The Balaban J connectivity index is 2.95. The molecule has 2 heterocycles. The van der Waals surface area contributed by atoms with Gasteiger partial charge in [-0.15, -0.1) is 5.10 Å². The van der Waals surface area contributed by atoms with Gasteiger partial charge in [-0.05, 0) is 13.0 Å². The van der Waals surface area contributed by atoms with E-state index in [4.69, 9.17) is 0 Å². The Bertz CT molecular complexity index is 351. The number of fused-ring (bicyclic) bond motifs is 1. The van der Waals surface area contributed by atoms with Gasteiger partial charge in [0.2, 0.25) is 0 Å². The van der Waals surface area contributed by atoms with Crippen LogP contribution in [0, 0.1) is 6.92 Å². The molecule has 0 radical (unpaired) electrons. The predicted octanol–water partition coefficient (Wildman–Crippen LogP) is 0.433. The lowest BCUT2D eigenvalue weighted by Gasteiger charge is -1.92. The number of hydrogen-bond donors (Lipinski definition) is 0. The Kier molecular flexibility index (Phi) is 0.943. The minimum absolute atomic E-state index is 0.856. The Labute approximate surface area is 57.5 Å². The molecule has 2 aromatic rings. The van der Waals surface area contributed by atoms with Crippen LogP contribution in [-0.4, -0.2) is 19.8 Å². The summed E-state index contributed by atoms with van der Waals surface area (Å²) in [6.45, 7) is 1.89. The van der Waals surface area contributed by atoms with Crippen LogP contribution in [-0.2, 0) is 0 Å². The molecular formula is C6H6N4. The molecule has 10 heavy (non-hydrogen) atoms. The molecule has 0 spiro atoms. The fourth-order valence-corrected chi connectivity index (χ4v) is 0.884. The summed E-state index contributed by atoms with van der Waals surface area (Å²) in [5, 5.41) is 7.56. The molecule has 2 rings (SSSR count). The summed E-state index contributed by atoms with van der Waals surface area (Å²) in [6, 6.07) is 1.87. The van der Waals surface area contributed by atoms with E-state index in [0.29, 0.717) is 0 Å². The zero-order valence-electron chi connectivity index (χ0n) is 5.52. The van der Waals surface area contributed by atoms with E-state index >= 15 is 0 Å². The molecule has 0 saturated carbocycles. The summed E-state index contributed by atoms with van der Waals surface area (Å²) in [6.07, 6.45) is 3.45. The fraction of sp³-hybridized carbons (Fsp3) is 0.167. The Morgan fingerprint density at radius 1 is 1.50 bits per heavy atom. The molecule has 0 fully saturated rings. The molecule has 4 nitrogen and oxygen atoms in total. The highest BCUT2D eigenvalue weighted by atomic mass is 15.4. The van der Waals surface area contributed by atoms with Crippen molar-refractivity contribution in [2.24, 2.45) is 0 Å². The molecule has 0 bridgehead atoms. The van der Waals surface area contributed by atoms with Gasteiger partial charge in [-0.2, -0.15) is 4.52 Å². The van der Waals surface area contributed by atoms with Crippen LogP contribution in [0.5, 0.6) is 0 Å². The highest BCUT2D eigenvalue weighted by Crippen LogP contribution is 1.98. The third-order valence-electron chi connectivity index (χ3n) is 1.39. The topological polar surface area (TPSA) is 43.1 Å². The minimum atomic E-state index is 0.856. The van der Waals surface area contributed by atoms with Crippen LogP contribution in [0.2, 0.25) is 0 Å². The quantitative estimate of drug-likeness (QED) is 0.524. The predicted molar refractivity (Wildman–Crippen MR) is 35.5 cm³/mol. The van der Waals surface area contributed by atoms with Gasteiger partial charge in [0, 0.05) is 6.20 Å². The average Bonchev–Trinajstić information content (AvgIpc) is 2.36. The van der Waals surface area contributed by atoms with Gasteiger partial charge in [0.15, 0.2) is 0 Å². The normalized spacial score (nSPS) is 10.5. The Hall–Kier alpha value is -1.45. The molecule has 0 aromatic carbocycles. The van der Waals surface area contributed by atoms with Gasteiger partial charge in [-0.1, -0.05) is 5.21 Å². The van der Waals surface area contributed by atoms with E-state index in [0.717, 1.165) is 11.3 Å². The van der Waals surface area contributed by atoms with Crippen LogP contribution < -0.4 is 0 Å². The molecular weight excluding hydrogens is 128 g/mol. The van der Waals surface area contributed by atoms with Crippen LogP contribution in [0.25, 0.3) is 5.52 Å². The molecule has 0 aliphatic heterocycles. The van der Waals surface area contributed by atoms with E-state index in [1.54, 1.807) is 16.9 Å². The van der Waals surface area contributed by atoms with Gasteiger partial charge < -0.3 is 0 Å². The lowest BCUT2D eigenvalue weighted by molar-refractivity contribution is 0.798. The maximum Gasteiger partial charge on any atom is 0.129 e. The van der Waals surface area contributed by atoms with Crippen molar-refractivity contribution in [3.05, 3.63) is 24.3 Å². The van der Waals surface area contributed by atoms with Crippen molar-refractivity contribution < 1.29 is 0 Å². The van der Waals surface area contributed by atoms with Gasteiger partial charge in [0.25, 0.3) is 0 Å². The monoisotopic (exact) mass is 134 g/mol. The molecule has 50 valence electrons. The first-order chi connectivity index (χ1) is 4.88. The van der Waals surface area contributed by atoms with E-state index in [1.165, 1.54) is 0 Å². The summed E-state index contributed by atoms with van der Waals surface area (Å²) >= 11 is 0. The second-order valence-corrected chi connectivity index (χ2v) is 2.06. The van der Waals surface area contributed by atoms with Gasteiger partial charge in [0.1, 0.15) is 5.82 Å². The first-order valence-corrected chi connectivity index (χ1v) is 3.00. The molecule has 0 aliphatic carbocycles. The second kappa shape index (κ2) is 1.76. The summed E-state index contributed by atoms with van der Waals surface area (Å²) in [4.78, 5) is 4.04. The lowest BCUT2D eigenvalue weighted by atomic mass is 10.5. The maximum atomic E-state index is 4.04. The van der Waals surface area contributed by atoms with Crippen LogP contribution in [0.15, 0.2) is 18.5 Å². The van der Waals surface area contributed by atoms with Crippen LogP contribution in [0.4, 0.5) is 0 Å². The number of aryl methyl sites for hydroxylation is 1. The fourth-order valence-electron chi connectivity index (χ4n) is 0.884. The smallest absolute Gasteiger partial charge is 0.129 e. The van der Waals surface area contributed by atoms with Crippen molar-refractivity contribution in [1.29, 1.82) is 0 Å². The molecule has 0 N–H and O–H groups in total. The third kappa shape index (κ3) is 0.586. The molecule has 2 aromatic heterocycles. The Morgan fingerprint density at radius 2 is 2.40 bits per heavy atom. The molecule has 0 amide bonds. The van der Waals surface area contributed by atoms with Gasteiger partial charge >= 0.3 is 0 Å². The SMILES string of the molecule is Cc1nccc2cnnn12. The third-order valence-corrected chi connectivity index (χ3v) is 1.39. The highest BCUT2D eigenvalue weighted by Gasteiger charge is 1.94. The van der Waals surface area contributed by atoms with Crippen molar-refractivity contribution in [2.75, 3.05) is 0 Å². The second-order valence-electron chi connectivity index (χ2n) is 2.06. The molecule has 4 heteroatoms. The minimum Gasteiger partial charge on any atom is -0.242 e. The van der Waals surface area contributed by atoms with Crippen LogP contribution >= 0.6 is 0 Å². The summed E-state index contributed by atoms with van der Waals surface area (Å²) in [5.74, 6) is 0.856. The van der Waals surface area contributed by atoms with Crippen molar-refractivity contribution in [3.8, 4) is 0 Å². The highest BCUT2D eigenvalue weighted by molar-refractivity contribution is 5.41. The van der Waals surface area contributed by atoms with E-state index in [2.05, 4.69) is 15.3 Å². The van der Waals surface area contributed by atoms with E-state index in [9.17, 15) is 0 Å².